The molecule has 0 amide bonds. The van der Waals surface area contributed by atoms with Gasteiger partial charge in [-0.3, -0.25) is 0 Å². The maximum absolute atomic E-state index is 2.45. The van der Waals surface area contributed by atoms with E-state index in [2.05, 4.69) is 386 Å². The fraction of sp³-hybridized carbons (Fsp3) is 0.0112. The van der Waals surface area contributed by atoms with E-state index in [1.807, 2.05) is 0 Å². The van der Waals surface area contributed by atoms with Crippen LogP contribution in [0.2, 0.25) is 0 Å². The maximum Gasteiger partial charge on any atom is 0.0714 e. The van der Waals surface area contributed by atoms with Crippen LogP contribution in [-0.4, -0.2) is 0 Å². The minimum Gasteiger partial charge on any atom is -0.311 e. The molecule has 0 aromatic heterocycles. The number of para-hydroxylation sites is 2. The molecule has 2 nitrogen and oxygen atoms in total. The molecule has 15 aromatic carbocycles. The standard InChI is InChI=1S/C89H62N2/c1-7-26-64(27-8-1)83-62-86(68-49-55-77(56-50-68)91(74-37-17-6-18-38-74)78-57-58-82-81-41-23-24-42-87(81)89(88(82)60-78,71-31-11-3-12-32-71)72-33-13-4-14-34-72)84(65-28-9-2-10-29-65)61-85(83)67-47-53-76(54-48-67)90(73-35-15-5-16-36-73)75-51-45-66(46-52-75)79-39-21-22-40-80(79)70-44-43-63-25-19-20-30-69(63)59-70/h1-62H. The zero-order valence-electron chi connectivity index (χ0n) is 50.2. The Balaban J connectivity index is 0.780. The van der Waals surface area contributed by atoms with Gasteiger partial charge >= 0.3 is 0 Å². The van der Waals surface area contributed by atoms with E-state index in [9.17, 15) is 0 Å². The average Bonchev–Trinajstić information content (AvgIpc) is 1.56. The SMILES string of the molecule is c1ccc(-c2cc(-c3ccc(N(c4ccccc4)c4ccc5c(c4)C(c4ccccc4)(c4ccccc4)c4ccccc4-5)cc3)c(-c3ccccc3)cc2-c2ccc(N(c3ccccc3)c3ccc(-c4ccccc4-c4ccc5ccccc5c4)cc3)cc2)cc1. The first-order valence-electron chi connectivity index (χ1n) is 31.4. The summed E-state index contributed by atoms with van der Waals surface area (Å²) in [6.45, 7) is 0. The molecule has 1 aliphatic rings. The van der Waals surface area contributed by atoms with Crippen molar-refractivity contribution in [2.75, 3.05) is 9.80 Å². The maximum atomic E-state index is 2.45. The highest BCUT2D eigenvalue weighted by atomic mass is 15.1. The Morgan fingerprint density at radius 1 is 0.165 bits per heavy atom. The van der Waals surface area contributed by atoms with Crippen LogP contribution in [0.3, 0.4) is 0 Å². The largest absolute Gasteiger partial charge is 0.311 e. The molecule has 16 rings (SSSR count). The third kappa shape index (κ3) is 9.98. The topological polar surface area (TPSA) is 6.48 Å². The van der Waals surface area contributed by atoms with Gasteiger partial charge in [-0.25, -0.2) is 0 Å². The molecule has 0 N–H and O–H groups in total. The summed E-state index contributed by atoms with van der Waals surface area (Å²) in [5, 5.41) is 2.48. The molecule has 0 aliphatic heterocycles. The first-order valence-corrected chi connectivity index (χ1v) is 31.4. The van der Waals surface area contributed by atoms with Gasteiger partial charge in [0.1, 0.15) is 0 Å². The lowest BCUT2D eigenvalue weighted by atomic mass is 9.67. The van der Waals surface area contributed by atoms with Gasteiger partial charge in [0.05, 0.1) is 5.41 Å². The molecular weight excluding hydrogens is 1100 g/mol. The van der Waals surface area contributed by atoms with E-state index in [0.29, 0.717) is 0 Å². The summed E-state index contributed by atoms with van der Waals surface area (Å²) in [7, 11) is 0. The van der Waals surface area contributed by atoms with Crippen molar-refractivity contribution in [2.45, 2.75) is 5.41 Å². The zero-order valence-corrected chi connectivity index (χ0v) is 50.2. The highest BCUT2D eigenvalue weighted by Crippen LogP contribution is 2.57. The van der Waals surface area contributed by atoms with E-state index in [0.717, 1.165) is 78.6 Å². The molecule has 0 fully saturated rings. The number of rotatable bonds is 14. The van der Waals surface area contributed by atoms with E-state index < -0.39 is 5.41 Å². The van der Waals surface area contributed by atoms with Crippen LogP contribution in [0, 0.1) is 0 Å². The lowest BCUT2D eigenvalue weighted by Gasteiger charge is -2.35. The average molecular weight is 1160 g/mol. The van der Waals surface area contributed by atoms with Gasteiger partial charge in [0.25, 0.3) is 0 Å². The number of nitrogens with zero attached hydrogens (tertiary/aromatic N) is 2. The Kier molecular flexibility index (Phi) is 14.2. The molecule has 0 bridgehead atoms. The van der Waals surface area contributed by atoms with Crippen LogP contribution >= 0.6 is 0 Å². The highest BCUT2D eigenvalue weighted by molar-refractivity contribution is 5.97. The summed E-state index contributed by atoms with van der Waals surface area (Å²) >= 11 is 0. The van der Waals surface area contributed by atoms with Gasteiger partial charge in [-0.1, -0.05) is 285 Å². The van der Waals surface area contributed by atoms with Crippen LogP contribution in [0.25, 0.3) is 88.7 Å². The quantitative estimate of drug-likeness (QED) is 0.107. The third-order valence-electron chi connectivity index (χ3n) is 18.4. The molecule has 0 saturated carbocycles. The summed E-state index contributed by atoms with van der Waals surface area (Å²) < 4.78 is 0. The number of anilines is 6. The van der Waals surface area contributed by atoms with E-state index in [4.69, 9.17) is 0 Å². The molecule has 0 heterocycles. The molecule has 428 valence electrons. The predicted octanol–water partition coefficient (Wildman–Crippen LogP) is 24.1. The zero-order chi connectivity index (χ0) is 60.5. The Morgan fingerprint density at radius 3 is 0.967 bits per heavy atom. The normalized spacial score (nSPS) is 12.0. The van der Waals surface area contributed by atoms with Gasteiger partial charge in [0.2, 0.25) is 0 Å². The minimum absolute atomic E-state index is 0.528. The summed E-state index contributed by atoms with van der Waals surface area (Å²) in [5.74, 6) is 0. The van der Waals surface area contributed by atoms with Crippen molar-refractivity contribution in [3.05, 3.63) is 398 Å². The fourth-order valence-electron chi connectivity index (χ4n) is 14.1. The van der Waals surface area contributed by atoms with Gasteiger partial charge in [-0.05, 0) is 202 Å². The van der Waals surface area contributed by atoms with Gasteiger partial charge < -0.3 is 9.80 Å². The van der Waals surface area contributed by atoms with Gasteiger partial charge in [-0.15, -0.1) is 0 Å². The first kappa shape index (κ1) is 54.5. The predicted molar refractivity (Wildman–Crippen MR) is 383 cm³/mol. The smallest absolute Gasteiger partial charge is 0.0714 e. The van der Waals surface area contributed by atoms with E-state index in [-0.39, 0.29) is 0 Å². The van der Waals surface area contributed by atoms with Crippen molar-refractivity contribution < 1.29 is 0 Å². The van der Waals surface area contributed by atoms with Crippen LogP contribution in [0.5, 0.6) is 0 Å². The van der Waals surface area contributed by atoms with Crippen molar-refractivity contribution in [2.24, 2.45) is 0 Å². The van der Waals surface area contributed by atoms with Crippen molar-refractivity contribution in [3.63, 3.8) is 0 Å². The molecule has 2 heteroatoms. The van der Waals surface area contributed by atoms with Crippen molar-refractivity contribution in [1.82, 2.24) is 0 Å². The molecular formula is C89H62N2. The Labute approximate surface area is 533 Å². The summed E-state index contributed by atoms with van der Waals surface area (Å²) in [6.07, 6.45) is 0. The number of hydrogen-bond donors (Lipinski definition) is 0. The van der Waals surface area contributed by atoms with Gasteiger partial charge in [-0.2, -0.15) is 0 Å². The Morgan fingerprint density at radius 2 is 0.484 bits per heavy atom. The molecule has 91 heavy (non-hydrogen) atoms. The molecule has 0 saturated heterocycles. The second-order valence-corrected chi connectivity index (χ2v) is 23.5. The summed E-state index contributed by atoms with van der Waals surface area (Å²) in [5.41, 5.74) is 27.6. The van der Waals surface area contributed by atoms with E-state index in [1.165, 1.54) is 66.4 Å². The van der Waals surface area contributed by atoms with Crippen LogP contribution in [0.4, 0.5) is 34.1 Å². The lowest BCUT2D eigenvalue weighted by Crippen LogP contribution is -2.28. The summed E-state index contributed by atoms with van der Waals surface area (Å²) in [6, 6.07) is 138. The molecule has 0 radical (unpaired) electrons. The second kappa shape index (κ2) is 23.7. The van der Waals surface area contributed by atoms with Crippen LogP contribution in [0.15, 0.2) is 376 Å². The van der Waals surface area contributed by atoms with Gasteiger partial charge in [0.15, 0.2) is 0 Å². The summed E-state index contributed by atoms with van der Waals surface area (Å²) in [4.78, 5) is 4.77. The van der Waals surface area contributed by atoms with Crippen molar-refractivity contribution >= 4 is 44.9 Å². The van der Waals surface area contributed by atoms with Crippen molar-refractivity contribution in [1.29, 1.82) is 0 Å². The van der Waals surface area contributed by atoms with E-state index in [1.54, 1.807) is 0 Å². The van der Waals surface area contributed by atoms with Gasteiger partial charge in [0, 0.05) is 34.1 Å². The number of benzene rings is 15. The minimum atomic E-state index is -0.528. The molecule has 0 unspecified atom stereocenters. The highest BCUT2D eigenvalue weighted by Gasteiger charge is 2.46. The van der Waals surface area contributed by atoms with Crippen LogP contribution in [0.1, 0.15) is 22.3 Å². The fourth-order valence-corrected chi connectivity index (χ4v) is 14.1. The number of hydrogen-bond acceptors (Lipinski definition) is 2. The van der Waals surface area contributed by atoms with E-state index >= 15 is 0 Å². The lowest BCUT2D eigenvalue weighted by molar-refractivity contribution is 0.768. The molecule has 0 spiro atoms. The van der Waals surface area contributed by atoms with Crippen LogP contribution < -0.4 is 9.80 Å². The molecule has 1 aliphatic carbocycles. The Bertz CT molecular complexity index is 5010. The molecule has 15 aromatic rings. The monoisotopic (exact) mass is 1160 g/mol. The second-order valence-electron chi connectivity index (χ2n) is 23.5. The van der Waals surface area contributed by atoms with Crippen molar-refractivity contribution in [3.8, 4) is 77.9 Å². The number of fused-ring (bicyclic) bond motifs is 4. The third-order valence-corrected chi connectivity index (χ3v) is 18.4. The van der Waals surface area contributed by atoms with Crippen LogP contribution in [-0.2, 0) is 5.41 Å². The molecule has 0 atom stereocenters. The Hall–Kier alpha value is -11.8. The first-order chi connectivity index (χ1) is 45.1.